The molecule has 0 spiro atoms. The Kier molecular flexibility index (Phi) is 3.59. The lowest BCUT2D eigenvalue weighted by atomic mass is 10.1. The molecule has 6 heteroatoms. The van der Waals surface area contributed by atoms with Crippen LogP contribution in [-0.4, -0.2) is 22.2 Å². The summed E-state index contributed by atoms with van der Waals surface area (Å²) in [7, 11) is 1.61. The standard InChI is InChI=1S/C15H15ClN2O3/c1-18-15(20)13(14(17-18)9-6-7-9)11(19)8-21-12-5-3-2-4-10(12)16/h2-5,9,17H,6-8H2,1H3. The van der Waals surface area contributed by atoms with Gasteiger partial charge in [-0.3, -0.25) is 19.4 Å². The SMILES string of the molecule is Cn1[nH]c(C2CC2)c(C(=O)COc2ccccc2Cl)c1=O. The minimum Gasteiger partial charge on any atom is -0.484 e. The number of Topliss-reactive ketones (excluding diaryl/α,β-unsaturated/α-hetero) is 1. The van der Waals surface area contributed by atoms with Crippen molar-refractivity contribution in [1.82, 2.24) is 9.78 Å². The van der Waals surface area contributed by atoms with Crippen LogP contribution >= 0.6 is 11.6 Å². The van der Waals surface area contributed by atoms with E-state index < -0.39 is 0 Å². The molecule has 5 nitrogen and oxygen atoms in total. The molecule has 0 bridgehead atoms. The maximum absolute atomic E-state index is 12.3. The smallest absolute Gasteiger partial charge is 0.277 e. The van der Waals surface area contributed by atoms with Crippen molar-refractivity contribution >= 4 is 17.4 Å². The quantitative estimate of drug-likeness (QED) is 0.863. The zero-order valence-electron chi connectivity index (χ0n) is 11.6. The molecule has 1 aromatic heterocycles. The zero-order chi connectivity index (χ0) is 15.0. The highest BCUT2D eigenvalue weighted by molar-refractivity contribution is 6.32. The minimum atomic E-state index is -0.321. The van der Waals surface area contributed by atoms with Crippen molar-refractivity contribution in [2.45, 2.75) is 18.8 Å². The van der Waals surface area contributed by atoms with Crippen LogP contribution in [0.1, 0.15) is 34.8 Å². The van der Waals surface area contributed by atoms with Crippen molar-refractivity contribution in [3.05, 3.63) is 50.9 Å². The van der Waals surface area contributed by atoms with E-state index in [-0.39, 0.29) is 29.4 Å². The van der Waals surface area contributed by atoms with Crippen LogP contribution in [0.5, 0.6) is 5.75 Å². The maximum Gasteiger partial charge on any atom is 0.277 e. The number of halogens is 1. The molecule has 1 aromatic carbocycles. The number of nitrogens with zero attached hydrogens (tertiary/aromatic N) is 1. The third-order valence-corrected chi connectivity index (χ3v) is 3.85. The topological polar surface area (TPSA) is 64.1 Å². The normalized spacial score (nSPS) is 14.2. The van der Waals surface area contributed by atoms with Gasteiger partial charge in [-0.15, -0.1) is 0 Å². The van der Waals surface area contributed by atoms with Crippen LogP contribution in [0.3, 0.4) is 0 Å². The van der Waals surface area contributed by atoms with Crippen molar-refractivity contribution in [2.24, 2.45) is 7.05 Å². The Morgan fingerprint density at radius 1 is 1.43 bits per heavy atom. The Labute approximate surface area is 126 Å². The molecule has 21 heavy (non-hydrogen) atoms. The summed E-state index contributed by atoms with van der Waals surface area (Å²) in [6, 6.07) is 6.93. The number of carbonyl (C=O) groups is 1. The fourth-order valence-corrected chi connectivity index (χ4v) is 2.47. The fraction of sp³-hybridized carbons (Fsp3) is 0.333. The van der Waals surface area contributed by atoms with Crippen LogP contribution in [0.4, 0.5) is 0 Å². The summed E-state index contributed by atoms with van der Waals surface area (Å²) >= 11 is 5.97. The summed E-state index contributed by atoms with van der Waals surface area (Å²) in [4.78, 5) is 24.4. The number of hydrogen-bond acceptors (Lipinski definition) is 3. The van der Waals surface area contributed by atoms with Gasteiger partial charge in [0.1, 0.15) is 11.3 Å². The van der Waals surface area contributed by atoms with Gasteiger partial charge in [0, 0.05) is 13.0 Å². The van der Waals surface area contributed by atoms with Gasteiger partial charge in [0.15, 0.2) is 6.61 Å². The van der Waals surface area contributed by atoms with Gasteiger partial charge in [0.05, 0.1) is 10.7 Å². The van der Waals surface area contributed by atoms with Crippen LogP contribution in [0.15, 0.2) is 29.1 Å². The van der Waals surface area contributed by atoms with Crippen LogP contribution in [-0.2, 0) is 7.05 Å². The third-order valence-electron chi connectivity index (χ3n) is 3.54. The maximum atomic E-state index is 12.3. The number of hydrogen-bond donors (Lipinski definition) is 1. The molecule has 0 aliphatic heterocycles. The average Bonchev–Trinajstić information content (AvgIpc) is 3.25. The van der Waals surface area contributed by atoms with E-state index >= 15 is 0 Å². The first-order valence-corrected chi connectivity index (χ1v) is 7.15. The molecule has 0 amide bonds. The molecule has 3 rings (SSSR count). The average molecular weight is 307 g/mol. The molecule has 1 fully saturated rings. The molecule has 2 aromatic rings. The first-order valence-electron chi connectivity index (χ1n) is 6.77. The summed E-state index contributed by atoms with van der Waals surface area (Å²) in [6.45, 7) is -0.198. The van der Waals surface area contributed by atoms with E-state index in [9.17, 15) is 9.59 Å². The third kappa shape index (κ3) is 2.74. The fourth-order valence-electron chi connectivity index (χ4n) is 2.28. The summed E-state index contributed by atoms with van der Waals surface area (Å²) in [6.07, 6.45) is 2.01. The lowest BCUT2D eigenvalue weighted by molar-refractivity contribution is 0.0919. The summed E-state index contributed by atoms with van der Waals surface area (Å²) in [5, 5.41) is 3.41. The van der Waals surface area contributed by atoms with Crippen LogP contribution in [0.2, 0.25) is 5.02 Å². The molecule has 0 atom stereocenters. The van der Waals surface area contributed by atoms with E-state index in [2.05, 4.69) is 5.10 Å². The molecule has 0 saturated heterocycles. The van der Waals surface area contributed by atoms with E-state index in [1.807, 2.05) is 0 Å². The van der Waals surface area contributed by atoms with Crippen LogP contribution < -0.4 is 10.3 Å². The molecule has 0 radical (unpaired) electrons. The van der Waals surface area contributed by atoms with Crippen molar-refractivity contribution < 1.29 is 9.53 Å². The lowest BCUT2D eigenvalue weighted by Gasteiger charge is -2.06. The molecule has 1 N–H and O–H groups in total. The van der Waals surface area contributed by atoms with Gasteiger partial charge in [0.25, 0.3) is 5.56 Å². The number of aryl methyl sites for hydroxylation is 1. The molecule has 1 heterocycles. The Bertz CT molecular complexity index is 744. The summed E-state index contributed by atoms with van der Waals surface area (Å²) < 4.78 is 6.77. The molecule has 0 unspecified atom stereocenters. The zero-order valence-corrected chi connectivity index (χ0v) is 12.3. The number of ether oxygens (including phenoxy) is 1. The highest BCUT2D eigenvalue weighted by Crippen LogP contribution is 2.40. The first kappa shape index (κ1) is 13.9. The number of H-pyrrole nitrogens is 1. The molecular weight excluding hydrogens is 292 g/mol. The molecule has 1 saturated carbocycles. The predicted molar refractivity (Wildman–Crippen MR) is 79.3 cm³/mol. The highest BCUT2D eigenvalue weighted by atomic mass is 35.5. The predicted octanol–water partition coefficient (Wildman–Crippen LogP) is 2.51. The van der Waals surface area contributed by atoms with E-state index in [0.29, 0.717) is 10.8 Å². The van der Waals surface area contributed by atoms with Crippen LogP contribution in [0.25, 0.3) is 0 Å². The second-order valence-corrected chi connectivity index (χ2v) is 5.59. The Morgan fingerprint density at radius 3 is 2.81 bits per heavy atom. The number of benzene rings is 1. The Morgan fingerprint density at radius 2 is 2.14 bits per heavy atom. The Balaban J connectivity index is 1.80. The minimum absolute atomic E-state index is 0.198. The summed E-state index contributed by atoms with van der Waals surface area (Å²) in [5.41, 5.74) is 0.645. The first-order chi connectivity index (χ1) is 10.1. The number of ketones is 1. The van der Waals surface area contributed by atoms with Gasteiger partial charge >= 0.3 is 0 Å². The lowest BCUT2D eigenvalue weighted by Crippen LogP contribution is -2.23. The van der Waals surface area contributed by atoms with Gasteiger partial charge in [-0.1, -0.05) is 23.7 Å². The number of aromatic amines is 1. The van der Waals surface area contributed by atoms with E-state index in [4.69, 9.17) is 16.3 Å². The second kappa shape index (κ2) is 5.41. The van der Waals surface area contributed by atoms with Gasteiger partial charge in [-0.25, -0.2) is 0 Å². The van der Waals surface area contributed by atoms with E-state index in [1.54, 1.807) is 31.3 Å². The number of rotatable bonds is 5. The van der Waals surface area contributed by atoms with Gasteiger partial charge in [-0.05, 0) is 25.0 Å². The van der Waals surface area contributed by atoms with E-state index in [0.717, 1.165) is 18.5 Å². The highest BCUT2D eigenvalue weighted by Gasteiger charge is 2.32. The number of nitrogens with one attached hydrogen (secondary N) is 1. The van der Waals surface area contributed by atoms with Gasteiger partial charge in [0.2, 0.25) is 5.78 Å². The molecule has 1 aliphatic rings. The Hall–Kier alpha value is -2.01. The van der Waals surface area contributed by atoms with Gasteiger partial charge < -0.3 is 4.74 Å². The molecule has 1 aliphatic carbocycles. The largest absolute Gasteiger partial charge is 0.484 e. The monoisotopic (exact) mass is 306 g/mol. The number of para-hydroxylation sites is 1. The number of aromatic nitrogens is 2. The van der Waals surface area contributed by atoms with Crippen molar-refractivity contribution in [2.75, 3.05) is 6.61 Å². The van der Waals surface area contributed by atoms with Crippen LogP contribution in [0, 0.1) is 0 Å². The second-order valence-electron chi connectivity index (χ2n) is 5.18. The summed E-state index contributed by atoms with van der Waals surface area (Å²) in [5.74, 6) is 0.407. The van der Waals surface area contributed by atoms with Crippen molar-refractivity contribution in [1.29, 1.82) is 0 Å². The number of carbonyl (C=O) groups excluding carboxylic acids is 1. The van der Waals surface area contributed by atoms with E-state index in [1.165, 1.54) is 4.68 Å². The van der Waals surface area contributed by atoms with Gasteiger partial charge in [-0.2, -0.15) is 0 Å². The molecule has 110 valence electrons. The van der Waals surface area contributed by atoms with Crippen molar-refractivity contribution in [3.63, 3.8) is 0 Å². The van der Waals surface area contributed by atoms with Crippen molar-refractivity contribution in [3.8, 4) is 5.75 Å². The molecular formula is C15H15ClN2O3.